The Morgan fingerprint density at radius 3 is 2.94 bits per heavy atom. The first-order valence-electron chi connectivity index (χ1n) is 5.53. The fraction of sp³-hybridized carbons (Fsp3) is 0.0714. The maximum Gasteiger partial charge on any atom is 0.122 e. The number of aromatic nitrogens is 1. The van der Waals surface area contributed by atoms with E-state index in [1.807, 2.05) is 36.4 Å². The van der Waals surface area contributed by atoms with Crippen molar-refractivity contribution in [2.75, 3.05) is 0 Å². The molecule has 3 rings (SSSR count). The quantitative estimate of drug-likeness (QED) is 0.701. The summed E-state index contributed by atoms with van der Waals surface area (Å²) in [5, 5.41) is 1.13. The lowest BCUT2D eigenvalue weighted by Crippen LogP contribution is -1.92. The molecule has 0 aliphatic carbocycles. The van der Waals surface area contributed by atoms with Gasteiger partial charge < -0.3 is 4.74 Å². The summed E-state index contributed by atoms with van der Waals surface area (Å²) in [5.74, 6) is 0.853. The van der Waals surface area contributed by atoms with E-state index in [9.17, 15) is 0 Å². The van der Waals surface area contributed by atoms with E-state index in [0.29, 0.717) is 6.61 Å². The van der Waals surface area contributed by atoms with Crippen LogP contribution in [0.1, 0.15) is 4.88 Å². The predicted molar refractivity (Wildman–Crippen MR) is 78.1 cm³/mol. The van der Waals surface area contributed by atoms with Gasteiger partial charge in [-0.3, -0.25) is 4.98 Å². The molecule has 0 bridgehead atoms. The van der Waals surface area contributed by atoms with Gasteiger partial charge in [-0.15, -0.1) is 11.3 Å². The second-order valence-corrected chi connectivity index (χ2v) is 6.40. The molecular formula is C14H10BrNOS. The van der Waals surface area contributed by atoms with Crippen molar-refractivity contribution in [3.63, 3.8) is 0 Å². The fourth-order valence-corrected chi connectivity index (χ4v) is 3.12. The largest absolute Gasteiger partial charge is 0.488 e. The van der Waals surface area contributed by atoms with Crippen LogP contribution in [0, 0.1) is 0 Å². The van der Waals surface area contributed by atoms with E-state index >= 15 is 0 Å². The zero-order chi connectivity index (χ0) is 12.4. The molecule has 0 aliphatic heterocycles. The van der Waals surface area contributed by atoms with Gasteiger partial charge in [0.05, 0.1) is 9.30 Å². The van der Waals surface area contributed by atoms with Gasteiger partial charge >= 0.3 is 0 Å². The molecule has 0 unspecified atom stereocenters. The van der Waals surface area contributed by atoms with Crippen molar-refractivity contribution in [1.29, 1.82) is 0 Å². The molecule has 1 aromatic carbocycles. The normalized spacial score (nSPS) is 10.7. The molecule has 2 nitrogen and oxygen atoms in total. The van der Waals surface area contributed by atoms with Crippen LogP contribution in [0.25, 0.3) is 10.9 Å². The highest BCUT2D eigenvalue weighted by molar-refractivity contribution is 9.11. The molecular weight excluding hydrogens is 310 g/mol. The highest BCUT2D eigenvalue weighted by atomic mass is 79.9. The van der Waals surface area contributed by atoms with Crippen molar-refractivity contribution in [2.24, 2.45) is 0 Å². The van der Waals surface area contributed by atoms with Gasteiger partial charge in [-0.05, 0) is 46.3 Å². The number of hydrogen-bond acceptors (Lipinski definition) is 3. The summed E-state index contributed by atoms with van der Waals surface area (Å²) in [7, 11) is 0. The Labute approximate surface area is 117 Å². The number of benzene rings is 1. The van der Waals surface area contributed by atoms with Crippen LogP contribution < -0.4 is 4.74 Å². The molecule has 4 heteroatoms. The molecule has 18 heavy (non-hydrogen) atoms. The summed E-state index contributed by atoms with van der Waals surface area (Å²) in [5.41, 5.74) is 0.961. The number of rotatable bonds is 3. The maximum absolute atomic E-state index is 5.76. The van der Waals surface area contributed by atoms with Crippen LogP contribution in [-0.4, -0.2) is 4.98 Å². The van der Waals surface area contributed by atoms with E-state index in [1.165, 1.54) is 4.88 Å². The molecule has 0 radical (unpaired) electrons. The van der Waals surface area contributed by atoms with Crippen molar-refractivity contribution in [2.45, 2.75) is 6.61 Å². The highest BCUT2D eigenvalue weighted by Gasteiger charge is 2.01. The fourth-order valence-electron chi connectivity index (χ4n) is 1.72. The predicted octanol–water partition coefficient (Wildman–Crippen LogP) is 4.64. The van der Waals surface area contributed by atoms with Crippen LogP contribution in [0.2, 0.25) is 0 Å². The van der Waals surface area contributed by atoms with Crippen molar-refractivity contribution in [3.8, 4) is 5.75 Å². The van der Waals surface area contributed by atoms with E-state index in [4.69, 9.17) is 4.74 Å². The molecule has 2 heterocycles. The third-order valence-electron chi connectivity index (χ3n) is 2.59. The zero-order valence-corrected chi connectivity index (χ0v) is 11.9. The van der Waals surface area contributed by atoms with Crippen molar-refractivity contribution in [3.05, 3.63) is 57.3 Å². The van der Waals surface area contributed by atoms with Crippen molar-refractivity contribution < 1.29 is 4.74 Å². The van der Waals surface area contributed by atoms with Crippen molar-refractivity contribution in [1.82, 2.24) is 4.98 Å². The van der Waals surface area contributed by atoms with E-state index in [-0.39, 0.29) is 0 Å². The number of ether oxygens (including phenoxy) is 1. The first-order valence-corrected chi connectivity index (χ1v) is 7.14. The van der Waals surface area contributed by atoms with E-state index < -0.39 is 0 Å². The molecule has 0 amide bonds. The van der Waals surface area contributed by atoms with E-state index in [1.54, 1.807) is 17.5 Å². The minimum atomic E-state index is 0.592. The summed E-state index contributed by atoms with van der Waals surface area (Å²) in [6.07, 6.45) is 1.79. The van der Waals surface area contributed by atoms with E-state index in [0.717, 1.165) is 20.4 Å². The number of nitrogens with zero attached hydrogens (tertiary/aromatic N) is 1. The summed E-state index contributed by atoms with van der Waals surface area (Å²) in [6, 6.07) is 14.1. The van der Waals surface area contributed by atoms with Gasteiger partial charge in [0, 0.05) is 22.5 Å². The second-order valence-electron chi connectivity index (χ2n) is 3.85. The number of fused-ring (bicyclic) bond motifs is 1. The Morgan fingerprint density at radius 2 is 2.11 bits per heavy atom. The first-order chi connectivity index (χ1) is 8.81. The lowest BCUT2D eigenvalue weighted by atomic mass is 10.2. The van der Waals surface area contributed by atoms with Gasteiger partial charge in [-0.2, -0.15) is 0 Å². The third-order valence-corrected chi connectivity index (χ3v) is 4.18. The lowest BCUT2D eigenvalue weighted by Gasteiger charge is -2.05. The average Bonchev–Trinajstić information content (AvgIpc) is 2.82. The SMILES string of the molecule is Brc1ccc(COc2ccc3cccnc3c2)s1. The number of halogens is 1. The van der Waals surface area contributed by atoms with Crippen LogP contribution >= 0.6 is 27.3 Å². The Morgan fingerprint density at radius 1 is 1.17 bits per heavy atom. The Bertz CT molecular complexity index is 680. The van der Waals surface area contributed by atoms with Gasteiger partial charge in [0.1, 0.15) is 12.4 Å². The molecule has 0 N–H and O–H groups in total. The first kappa shape index (κ1) is 11.7. The number of thiophene rings is 1. The zero-order valence-electron chi connectivity index (χ0n) is 9.47. The molecule has 2 aromatic heterocycles. The Hall–Kier alpha value is -1.39. The number of hydrogen-bond donors (Lipinski definition) is 0. The van der Waals surface area contributed by atoms with Crippen LogP contribution in [0.5, 0.6) is 5.75 Å². The molecule has 0 aliphatic rings. The minimum Gasteiger partial charge on any atom is -0.488 e. The second kappa shape index (κ2) is 5.08. The van der Waals surface area contributed by atoms with Crippen LogP contribution in [-0.2, 0) is 6.61 Å². The Kier molecular flexibility index (Phi) is 3.30. The van der Waals surface area contributed by atoms with E-state index in [2.05, 4.69) is 27.0 Å². The molecule has 0 saturated carbocycles. The van der Waals surface area contributed by atoms with Crippen LogP contribution in [0.4, 0.5) is 0 Å². The minimum absolute atomic E-state index is 0.592. The molecule has 0 atom stereocenters. The summed E-state index contributed by atoms with van der Waals surface area (Å²) in [4.78, 5) is 5.51. The van der Waals surface area contributed by atoms with Crippen LogP contribution in [0.3, 0.4) is 0 Å². The molecule has 3 aromatic rings. The molecule has 0 spiro atoms. The van der Waals surface area contributed by atoms with Gasteiger partial charge in [0.2, 0.25) is 0 Å². The third kappa shape index (κ3) is 2.54. The summed E-state index contributed by atoms with van der Waals surface area (Å²) in [6.45, 7) is 0.592. The molecule has 0 saturated heterocycles. The van der Waals surface area contributed by atoms with Gasteiger partial charge in [-0.25, -0.2) is 0 Å². The summed E-state index contributed by atoms with van der Waals surface area (Å²) < 4.78 is 6.89. The average molecular weight is 320 g/mol. The van der Waals surface area contributed by atoms with Gasteiger partial charge in [0.15, 0.2) is 0 Å². The molecule has 0 fully saturated rings. The highest BCUT2D eigenvalue weighted by Crippen LogP contribution is 2.24. The summed E-state index contributed by atoms with van der Waals surface area (Å²) >= 11 is 5.13. The lowest BCUT2D eigenvalue weighted by molar-refractivity contribution is 0.310. The van der Waals surface area contributed by atoms with Gasteiger partial charge in [-0.1, -0.05) is 6.07 Å². The standard InChI is InChI=1S/C14H10BrNOS/c15-14-6-5-12(18-14)9-17-11-4-3-10-2-1-7-16-13(10)8-11/h1-8H,9H2. The monoisotopic (exact) mass is 319 g/mol. The van der Waals surface area contributed by atoms with Crippen LogP contribution in [0.15, 0.2) is 52.4 Å². The topological polar surface area (TPSA) is 22.1 Å². The van der Waals surface area contributed by atoms with Gasteiger partial charge in [0.25, 0.3) is 0 Å². The number of pyridine rings is 1. The molecule has 90 valence electrons. The maximum atomic E-state index is 5.76. The van der Waals surface area contributed by atoms with Crippen molar-refractivity contribution >= 4 is 38.2 Å². The smallest absolute Gasteiger partial charge is 0.122 e. The Balaban J connectivity index is 1.78.